The van der Waals surface area contributed by atoms with Gasteiger partial charge in [0.05, 0.1) is 0 Å². The van der Waals surface area contributed by atoms with Crippen molar-refractivity contribution in [3.05, 3.63) is 6.54 Å². The lowest BCUT2D eigenvalue weighted by Crippen LogP contribution is -2.46. The van der Waals surface area contributed by atoms with Crippen LogP contribution in [0.4, 0.5) is 0 Å². The molecule has 0 unspecified atom stereocenters. The van der Waals surface area contributed by atoms with E-state index in [9.17, 15) is 4.79 Å². The summed E-state index contributed by atoms with van der Waals surface area (Å²) in [6.07, 6.45) is 6.28. The Labute approximate surface area is 97.2 Å². The summed E-state index contributed by atoms with van der Waals surface area (Å²) in [5, 5.41) is 8.67. The van der Waals surface area contributed by atoms with E-state index in [1.165, 1.54) is 38.9 Å². The third kappa shape index (κ3) is 3.19. The molecular weight excluding hydrogens is 204 g/mol. The zero-order chi connectivity index (χ0) is 11.4. The number of hydrogen-bond donors (Lipinski definition) is 1. The van der Waals surface area contributed by atoms with Gasteiger partial charge in [0.25, 0.3) is 0 Å². The van der Waals surface area contributed by atoms with Gasteiger partial charge in [-0.25, -0.2) is 0 Å². The van der Waals surface area contributed by atoms with Crippen LogP contribution >= 0.6 is 0 Å². The minimum atomic E-state index is -0.823. The quantitative estimate of drug-likeness (QED) is 0.783. The summed E-state index contributed by atoms with van der Waals surface area (Å²) in [7, 11) is 0. The minimum Gasteiger partial charge on any atom is -0.480 e. The molecule has 91 valence electrons. The van der Waals surface area contributed by atoms with E-state index in [-0.39, 0.29) is 0 Å². The number of likely N-dealkylation sites (tertiary alicyclic amines) is 2. The van der Waals surface area contributed by atoms with Gasteiger partial charge in [-0.2, -0.15) is 0 Å². The highest BCUT2D eigenvalue weighted by atomic mass is 16.4. The van der Waals surface area contributed by atoms with E-state index in [4.69, 9.17) is 5.11 Å². The van der Waals surface area contributed by atoms with Crippen LogP contribution in [0.3, 0.4) is 0 Å². The van der Waals surface area contributed by atoms with Gasteiger partial charge in [-0.3, -0.25) is 9.69 Å². The lowest BCUT2D eigenvalue weighted by molar-refractivity contribution is -0.135. The fourth-order valence-electron chi connectivity index (χ4n) is 2.82. The maximum absolute atomic E-state index is 10.5. The third-order valence-electron chi connectivity index (χ3n) is 3.70. The van der Waals surface area contributed by atoms with Crippen molar-refractivity contribution in [2.75, 3.05) is 26.2 Å². The van der Waals surface area contributed by atoms with E-state index in [1.54, 1.807) is 0 Å². The molecule has 4 heteroatoms. The molecule has 2 saturated heterocycles. The Hall–Kier alpha value is -0.610. The fraction of sp³-hybridized carbons (Fsp3) is 0.833. The van der Waals surface area contributed by atoms with Crippen LogP contribution in [0.15, 0.2) is 0 Å². The first-order valence-corrected chi connectivity index (χ1v) is 6.31. The molecule has 1 N–H and O–H groups in total. The Kier molecular flexibility index (Phi) is 4.18. The molecule has 0 amide bonds. The number of carboxylic acid groups (broad SMARTS) is 1. The first kappa shape index (κ1) is 11.9. The van der Waals surface area contributed by atoms with Gasteiger partial charge in [0, 0.05) is 19.1 Å². The van der Waals surface area contributed by atoms with E-state index in [0.29, 0.717) is 6.04 Å². The number of hydrogen-bond acceptors (Lipinski definition) is 3. The molecule has 0 bridgehead atoms. The van der Waals surface area contributed by atoms with Gasteiger partial charge in [0.15, 0.2) is 0 Å². The van der Waals surface area contributed by atoms with Gasteiger partial charge in [-0.1, -0.05) is 6.42 Å². The Bertz CT molecular complexity index is 231. The van der Waals surface area contributed by atoms with Crippen molar-refractivity contribution in [3.63, 3.8) is 0 Å². The van der Waals surface area contributed by atoms with Crippen LogP contribution in [-0.2, 0) is 4.79 Å². The molecule has 16 heavy (non-hydrogen) atoms. The second kappa shape index (κ2) is 5.64. The summed E-state index contributed by atoms with van der Waals surface area (Å²) < 4.78 is 0. The lowest BCUT2D eigenvalue weighted by Gasteiger charge is -2.39. The van der Waals surface area contributed by atoms with Gasteiger partial charge >= 0.3 is 5.97 Å². The minimum absolute atomic E-state index is 0.693. The second-order valence-electron chi connectivity index (χ2n) is 4.83. The highest BCUT2D eigenvalue weighted by Gasteiger charge is 2.26. The van der Waals surface area contributed by atoms with Gasteiger partial charge in [-0.05, 0) is 38.8 Å². The highest BCUT2D eigenvalue weighted by molar-refractivity contribution is 5.75. The maximum atomic E-state index is 10.5. The molecule has 0 aliphatic carbocycles. The van der Waals surface area contributed by atoms with Crippen LogP contribution in [0.25, 0.3) is 0 Å². The molecular formula is C12H21N2O2. The molecule has 0 aromatic heterocycles. The van der Waals surface area contributed by atoms with Crippen molar-refractivity contribution in [2.24, 2.45) is 0 Å². The number of carboxylic acids is 1. The molecule has 2 aliphatic heterocycles. The summed E-state index contributed by atoms with van der Waals surface area (Å²) in [6, 6.07) is 0.693. The predicted molar refractivity (Wildman–Crippen MR) is 62.0 cm³/mol. The Morgan fingerprint density at radius 2 is 1.69 bits per heavy atom. The van der Waals surface area contributed by atoms with Gasteiger partial charge < -0.3 is 10.0 Å². The van der Waals surface area contributed by atoms with E-state index >= 15 is 0 Å². The van der Waals surface area contributed by atoms with Crippen molar-refractivity contribution in [2.45, 2.75) is 38.1 Å². The second-order valence-corrected chi connectivity index (χ2v) is 4.83. The molecule has 0 spiro atoms. The Morgan fingerprint density at radius 1 is 1.06 bits per heavy atom. The first-order chi connectivity index (χ1) is 7.75. The average Bonchev–Trinajstić information content (AvgIpc) is 2.30. The van der Waals surface area contributed by atoms with Crippen molar-refractivity contribution >= 4 is 5.97 Å². The zero-order valence-corrected chi connectivity index (χ0v) is 9.77. The van der Waals surface area contributed by atoms with Crippen molar-refractivity contribution in [3.8, 4) is 0 Å². The number of piperidine rings is 2. The third-order valence-corrected chi connectivity index (χ3v) is 3.70. The maximum Gasteiger partial charge on any atom is 0.323 e. The molecule has 1 radical (unpaired) electrons. The topological polar surface area (TPSA) is 43.8 Å². The smallest absolute Gasteiger partial charge is 0.323 e. The summed E-state index contributed by atoms with van der Waals surface area (Å²) in [4.78, 5) is 15.1. The largest absolute Gasteiger partial charge is 0.480 e. The monoisotopic (exact) mass is 225 g/mol. The number of nitrogens with zero attached hydrogens (tertiary/aromatic N) is 2. The standard InChI is InChI=1S/C12H21N2O2/c15-12(16)10-13-8-4-11(5-9-13)14-6-2-1-3-7-14/h10-11H,1-9H2,(H,15,16). The summed E-state index contributed by atoms with van der Waals surface area (Å²) in [5.41, 5.74) is 0. The van der Waals surface area contributed by atoms with Gasteiger partial charge in [-0.15, -0.1) is 0 Å². The predicted octanol–water partition coefficient (Wildman–Crippen LogP) is 1.18. The van der Waals surface area contributed by atoms with Crippen molar-refractivity contribution in [1.82, 2.24) is 9.80 Å². The Balaban J connectivity index is 1.73. The van der Waals surface area contributed by atoms with Gasteiger partial charge in [0.1, 0.15) is 6.54 Å². The van der Waals surface area contributed by atoms with Gasteiger partial charge in [0.2, 0.25) is 0 Å². The summed E-state index contributed by atoms with van der Waals surface area (Å²) >= 11 is 0. The fourth-order valence-corrected chi connectivity index (χ4v) is 2.82. The van der Waals surface area contributed by atoms with Crippen molar-refractivity contribution < 1.29 is 9.90 Å². The molecule has 4 nitrogen and oxygen atoms in total. The van der Waals surface area contributed by atoms with E-state index in [1.807, 2.05) is 4.90 Å². The molecule has 2 fully saturated rings. The molecule has 0 aromatic carbocycles. The number of aliphatic carboxylic acids is 1. The average molecular weight is 225 g/mol. The molecule has 0 atom stereocenters. The SMILES string of the molecule is O=C(O)[CH]N1CCC(N2CCCCC2)CC1. The summed E-state index contributed by atoms with van der Waals surface area (Å²) in [5.74, 6) is -0.823. The zero-order valence-electron chi connectivity index (χ0n) is 9.77. The molecule has 0 saturated carbocycles. The molecule has 0 aromatic rings. The molecule has 2 aliphatic rings. The Morgan fingerprint density at radius 3 is 2.25 bits per heavy atom. The number of carbonyl (C=O) groups is 1. The normalized spacial score (nSPS) is 25.8. The van der Waals surface area contributed by atoms with Crippen LogP contribution < -0.4 is 0 Å². The van der Waals surface area contributed by atoms with Crippen LogP contribution in [-0.4, -0.2) is 53.1 Å². The molecule has 2 rings (SSSR count). The van der Waals surface area contributed by atoms with Crippen LogP contribution in [0.1, 0.15) is 32.1 Å². The first-order valence-electron chi connectivity index (χ1n) is 6.31. The highest BCUT2D eigenvalue weighted by Crippen LogP contribution is 2.21. The van der Waals surface area contributed by atoms with E-state index < -0.39 is 5.97 Å². The van der Waals surface area contributed by atoms with Crippen LogP contribution in [0.5, 0.6) is 0 Å². The lowest BCUT2D eigenvalue weighted by atomic mass is 10.00. The number of rotatable bonds is 3. The van der Waals surface area contributed by atoms with E-state index in [2.05, 4.69) is 4.90 Å². The van der Waals surface area contributed by atoms with E-state index in [0.717, 1.165) is 25.9 Å². The van der Waals surface area contributed by atoms with Crippen LogP contribution in [0.2, 0.25) is 0 Å². The van der Waals surface area contributed by atoms with Crippen LogP contribution in [0, 0.1) is 6.54 Å². The summed E-state index contributed by atoms with van der Waals surface area (Å²) in [6.45, 7) is 5.61. The van der Waals surface area contributed by atoms with Crippen molar-refractivity contribution in [1.29, 1.82) is 0 Å². The molecule has 2 heterocycles.